The lowest BCUT2D eigenvalue weighted by Gasteiger charge is -2.26. The van der Waals surface area contributed by atoms with Crippen molar-refractivity contribution in [2.75, 3.05) is 13.2 Å². The molecule has 0 aliphatic carbocycles. The van der Waals surface area contributed by atoms with Crippen molar-refractivity contribution < 1.29 is 32.9 Å². The summed E-state index contributed by atoms with van der Waals surface area (Å²) in [5.41, 5.74) is 1.38. The summed E-state index contributed by atoms with van der Waals surface area (Å²) in [5, 5.41) is 11.1. The highest BCUT2D eigenvalue weighted by molar-refractivity contribution is 5.89. The molecule has 0 spiro atoms. The molecule has 2 aliphatic rings. The van der Waals surface area contributed by atoms with E-state index in [0.29, 0.717) is 30.5 Å². The highest BCUT2D eigenvalue weighted by atomic mass is 19.3. The van der Waals surface area contributed by atoms with Crippen LogP contribution >= 0.6 is 0 Å². The van der Waals surface area contributed by atoms with E-state index in [2.05, 4.69) is 4.99 Å². The van der Waals surface area contributed by atoms with Crippen LogP contribution in [-0.2, 0) is 0 Å². The number of hydrogen-bond donors (Lipinski definition) is 1. The van der Waals surface area contributed by atoms with Gasteiger partial charge < -0.3 is 19.3 Å². The minimum Gasteiger partial charge on any atom is -0.486 e. The van der Waals surface area contributed by atoms with Gasteiger partial charge in [-0.3, -0.25) is 4.99 Å². The normalized spacial score (nSPS) is 16.0. The molecule has 5 rings (SSSR count). The van der Waals surface area contributed by atoms with Crippen molar-refractivity contribution in [3.8, 4) is 17.2 Å². The molecule has 0 fully saturated rings. The predicted molar refractivity (Wildman–Crippen MR) is 138 cm³/mol. The standard InChI is InChI=1S/C29H26F2N2O5/c1-17(32-18(2)29(3,30)31)27(19-7-10-25-26(15-19)37-12-11-36-25)38-23-8-9-24-21(14-23)16-33(24)22-6-4-5-20(13-22)28(34)35/h4-10,13-17,27H,11-12H2,1-3H3/p+1. The number of fused-ring (bicyclic) bond motifs is 2. The van der Waals surface area contributed by atoms with Gasteiger partial charge in [0, 0.05) is 31.2 Å². The van der Waals surface area contributed by atoms with Crippen LogP contribution in [0.1, 0.15) is 42.8 Å². The second-order valence-electron chi connectivity index (χ2n) is 9.36. The van der Waals surface area contributed by atoms with Crippen LogP contribution in [0, 0.1) is 0 Å². The van der Waals surface area contributed by atoms with Crippen molar-refractivity contribution in [2.24, 2.45) is 4.99 Å². The summed E-state index contributed by atoms with van der Waals surface area (Å²) in [6.45, 7) is 4.75. The Morgan fingerprint density at radius 1 is 1.08 bits per heavy atom. The first kappa shape index (κ1) is 25.4. The third-order valence-electron chi connectivity index (χ3n) is 6.53. The number of carboxylic acids is 1. The number of aromatic carboxylic acids is 1. The van der Waals surface area contributed by atoms with E-state index in [-0.39, 0.29) is 11.3 Å². The number of alkyl halides is 2. The molecule has 0 saturated carbocycles. The van der Waals surface area contributed by atoms with Crippen LogP contribution in [0.5, 0.6) is 17.2 Å². The van der Waals surface area contributed by atoms with Crippen molar-refractivity contribution in [3.05, 3.63) is 82.4 Å². The van der Waals surface area contributed by atoms with Crippen LogP contribution in [0.2, 0.25) is 0 Å². The van der Waals surface area contributed by atoms with Crippen molar-refractivity contribution in [1.29, 1.82) is 0 Å². The quantitative estimate of drug-likeness (QED) is 0.352. The molecule has 9 heteroatoms. The van der Waals surface area contributed by atoms with Crippen molar-refractivity contribution in [3.63, 3.8) is 0 Å². The van der Waals surface area contributed by atoms with Crippen molar-refractivity contribution in [1.82, 2.24) is 4.58 Å². The average Bonchev–Trinajstić information content (AvgIpc) is 2.87. The first-order chi connectivity index (χ1) is 18.1. The summed E-state index contributed by atoms with van der Waals surface area (Å²) in [7, 11) is 0. The number of hydrogen-bond acceptors (Lipinski definition) is 5. The lowest BCUT2D eigenvalue weighted by molar-refractivity contribution is 0.0696. The highest BCUT2D eigenvalue weighted by Crippen LogP contribution is 2.36. The Morgan fingerprint density at radius 2 is 1.84 bits per heavy atom. The smallest absolute Gasteiger partial charge is 0.335 e. The molecular formula is C29H27F2N2O5+. The lowest BCUT2D eigenvalue weighted by Crippen LogP contribution is -2.44. The number of aliphatic imine (C=N–C) groups is 1. The molecule has 3 aromatic rings. The van der Waals surface area contributed by atoms with Gasteiger partial charge in [-0.05, 0) is 43.7 Å². The number of rotatable bonds is 8. The number of carboxylic acid groups (broad SMARTS) is 1. The molecule has 38 heavy (non-hydrogen) atoms. The fraction of sp³-hybridized carbons (Fsp3) is 0.276. The number of carbonyl (C=O) groups is 1. The third kappa shape index (κ3) is 5.09. The maximum Gasteiger partial charge on any atom is 0.335 e. The van der Waals surface area contributed by atoms with E-state index >= 15 is 0 Å². The summed E-state index contributed by atoms with van der Waals surface area (Å²) in [6.07, 6.45) is 1.20. The van der Waals surface area contributed by atoms with E-state index in [0.717, 1.165) is 28.8 Å². The summed E-state index contributed by atoms with van der Waals surface area (Å²) < 4.78 is 47.4. The van der Waals surface area contributed by atoms with E-state index in [1.165, 1.54) is 6.92 Å². The zero-order valence-electron chi connectivity index (χ0n) is 21.2. The SMILES string of the molecule is CC(=NC(C)C(Oc1ccc2c(c1)=C[N+]=2c1cccc(C(=O)O)c1)c1ccc2c(c1)OCCO2)C(C)(F)F. The summed E-state index contributed by atoms with van der Waals surface area (Å²) in [4.78, 5) is 15.6. The zero-order valence-corrected chi connectivity index (χ0v) is 21.2. The van der Waals surface area contributed by atoms with E-state index in [1.54, 1.807) is 43.3 Å². The molecule has 196 valence electrons. The number of nitrogens with zero attached hydrogens (tertiary/aromatic N) is 2. The molecule has 0 saturated heterocycles. The van der Waals surface area contributed by atoms with E-state index < -0.39 is 24.0 Å². The molecule has 0 aromatic heterocycles. The first-order valence-corrected chi connectivity index (χ1v) is 12.2. The molecule has 2 unspecified atom stereocenters. The van der Waals surface area contributed by atoms with Crippen LogP contribution in [0.25, 0.3) is 6.20 Å². The number of ether oxygens (including phenoxy) is 3. The van der Waals surface area contributed by atoms with Gasteiger partial charge in [-0.2, -0.15) is 4.58 Å². The Balaban J connectivity index is 1.47. The summed E-state index contributed by atoms with van der Waals surface area (Å²) in [6, 6.07) is 17.0. The van der Waals surface area contributed by atoms with Gasteiger partial charge in [0.15, 0.2) is 17.7 Å². The van der Waals surface area contributed by atoms with Gasteiger partial charge in [-0.1, -0.05) is 12.1 Å². The molecule has 7 nitrogen and oxygen atoms in total. The molecule has 2 atom stereocenters. The zero-order chi connectivity index (χ0) is 27.0. The van der Waals surface area contributed by atoms with E-state index in [1.807, 2.05) is 35.0 Å². The molecule has 2 aliphatic heterocycles. The van der Waals surface area contributed by atoms with Crippen molar-refractivity contribution in [2.45, 2.75) is 38.8 Å². The second-order valence-corrected chi connectivity index (χ2v) is 9.36. The monoisotopic (exact) mass is 521 g/mol. The van der Waals surface area contributed by atoms with Gasteiger partial charge in [0.25, 0.3) is 5.92 Å². The fourth-order valence-corrected chi connectivity index (χ4v) is 4.39. The van der Waals surface area contributed by atoms with Gasteiger partial charge in [-0.25, -0.2) is 13.6 Å². The maximum atomic E-state index is 13.9. The van der Waals surface area contributed by atoms with Crippen LogP contribution in [0.3, 0.4) is 0 Å². The maximum absolute atomic E-state index is 13.9. The predicted octanol–water partition coefficient (Wildman–Crippen LogP) is 4.36. The van der Waals surface area contributed by atoms with Gasteiger partial charge >= 0.3 is 5.97 Å². The topological polar surface area (TPSA) is 80.4 Å². The Hall–Kier alpha value is -4.27. The minimum absolute atomic E-state index is 0.203. The van der Waals surface area contributed by atoms with Gasteiger partial charge in [0.2, 0.25) is 11.0 Å². The Kier molecular flexibility index (Phi) is 6.60. The molecule has 3 aromatic carbocycles. The molecular weight excluding hydrogens is 494 g/mol. The molecule has 1 N–H and O–H groups in total. The van der Waals surface area contributed by atoms with Gasteiger partial charge in [-0.15, -0.1) is 0 Å². The van der Waals surface area contributed by atoms with Crippen LogP contribution < -0.4 is 29.4 Å². The molecule has 0 bridgehead atoms. The second kappa shape index (κ2) is 9.89. The van der Waals surface area contributed by atoms with Gasteiger partial charge in [0.1, 0.15) is 30.3 Å². The molecule has 0 radical (unpaired) electrons. The molecule has 0 amide bonds. The third-order valence-corrected chi connectivity index (χ3v) is 6.53. The Bertz CT molecular complexity index is 1560. The number of halogens is 2. The summed E-state index contributed by atoms with van der Waals surface area (Å²) >= 11 is 0. The first-order valence-electron chi connectivity index (χ1n) is 12.2. The highest BCUT2D eigenvalue weighted by Gasteiger charge is 2.30. The Morgan fingerprint density at radius 3 is 2.55 bits per heavy atom. The fourth-order valence-electron chi connectivity index (χ4n) is 4.39. The Labute approximate surface area is 217 Å². The van der Waals surface area contributed by atoms with Crippen molar-refractivity contribution >= 4 is 23.6 Å². The summed E-state index contributed by atoms with van der Waals surface area (Å²) in [5.74, 6) is -2.30. The van der Waals surface area contributed by atoms with E-state index in [9.17, 15) is 18.7 Å². The largest absolute Gasteiger partial charge is 0.486 e. The van der Waals surface area contributed by atoms with E-state index in [4.69, 9.17) is 14.2 Å². The average molecular weight is 522 g/mol. The van der Waals surface area contributed by atoms with Crippen LogP contribution in [-0.4, -0.2) is 42.0 Å². The lowest BCUT2D eigenvalue weighted by atomic mass is 10.0. The van der Waals surface area contributed by atoms with Gasteiger partial charge in [0.05, 0.1) is 17.3 Å². The minimum atomic E-state index is -3.04. The van der Waals surface area contributed by atoms with Crippen LogP contribution in [0.15, 0.2) is 65.7 Å². The van der Waals surface area contributed by atoms with Crippen LogP contribution in [0.4, 0.5) is 14.5 Å². The number of benzene rings is 3. The molecule has 2 heterocycles.